The molecule has 0 bridgehead atoms. The number of rotatable bonds is 1. The van der Waals surface area contributed by atoms with Crippen LogP contribution in [0.2, 0.25) is 0 Å². The van der Waals surface area contributed by atoms with Gasteiger partial charge in [0.05, 0.1) is 0 Å². The van der Waals surface area contributed by atoms with Gasteiger partial charge in [-0.25, -0.2) is 0 Å². The lowest BCUT2D eigenvalue weighted by atomic mass is 10.1. The van der Waals surface area contributed by atoms with Gasteiger partial charge >= 0.3 is 0 Å². The van der Waals surface area contributed by atoms with Gasteiger partial charge in [-0.1, -0.05) is 22.0 Å². The molecule has 1 aromatic rings. The Hall–Kier alpha value is 0.430. The summed E-state index contributed by atoms with van der Waals surface area (Å²) in [4.78, 5) is 0. The predicted molar refractivity (Wildman–Crippen MR) is 61.3 cm³/mol. The molecule has 0 spiro atoms. The number of benzene rings is 1. The molecule has 0 N–H and O–H groups in total. The average molecular weight is 325 g/mol. The van der Waals surface area contributed by atoms with Crippen LogP contribution < -0.4 is 0 Å². The van der Waals surface area contributed by atoms with E-state index in [1.807, 2.05) is 0 Å². The quantitative estimate of drug-likeness (QED) is 0.544. The molecular weight excluding hydrogens is 315 g/mol. The Balaban J connectivity index is 3.21. The van der Waals surface area contributed by atoms with Crippen molar-refractivity contribution in [1.29, 1.82) is 0 Å². The van der Waals surface area contributed by atoms with Crippen LogP contribution in [0.4, 0.5) is 0 Å². The van der Waals surface area contributed by atoms with E-state index in [0.717, 1.165) is 5.33 Å². The van der Waals surface area contributed by atoms with Gasteiger partial charge in [-0.05, 0) is 59.2 Å². The summed E-state index contributed by atoms with van der Waals surface area (Å²) in [7, 11) is 0. The van der Waals surface area contributed by atoms with Crippen LogP contribution in [0.1, 0.15) is 16.7 Å². The first-order valence-corrected chi connectivity index (χ1v) is 5.66. The minimum absolute atomic E-state index is 0.949. The summed E-state index contributed by atoms with van der Waals surface area (Å²) in [5.74, 6) is 0. The first-order chi connectivity index (χ1) is 5.15. The van der Waals surface area contributed by atoms with Crippen molar-refractivity contribution in [3.63, 3.8) is 0 Å². The molecule has 0 aliphatic heterocycles. The van der Waals surface area contributed by atoms with Gasteiger partial charge in [0.25, 0.3) is 0 Å². The molecule has 0 aliphatic carbocycles. The van der Waals surface area contributed by atoms with E-state index >= 15 is 0 Å². The topological polar surface area (TPSA) is 0 Å². The summed E-state index contributed by atoms with van der Waals surface area (Å²) in [6, 6.07) is 4.45. The number of halogens is 2. The maximum atomic E-state index is 3.45. The second-order valence-electron chi connectivity index (χ2n) is 2.65. The molecule has 1 rings (SSSR count). The number of alkyl halides is 1. The molecule has 0 amide bonds. The fourth-order valence-corrected chi connectivity index (χ4v) is 2.11. The SMILES string of the molecule is Cc1cc(CBr)cc(I)c1C. The van der Waals surface area contributed by atoms with Gasteiger partial charge < -0.3 is 0 Å². The molecule has 0 saturated carbocycles. The van der Waals surface area contributed by atoms with E-state index in [-0.39, 0.29) is 0 Å². The van der Waals surface area contributed by atoms with E-state index in [2.05, 4.69) is 64.5 Å². The maximum absolute atomic E-state index is 3.45. The van der Waals surface area contributed by atoms with Gasteiger partial charge in [-0.15, -0.1) is 0 Å². The molecular formula is C9H10BrI. The van der Waals surface area contributed by atoms with Crippen LogP contribution in [0.15, 0.2) is 12.1 Å². The maximum Gasteiger partial charge on any atom is 0.0283 e. The molecule has 0 nitrogen and oxygen atoms in total. The van der Waals surface area contributed by atoms with E-state index in [1.54, 1.807) is 0 Å². The molecule has 0 fully saturated rings. The van der Waals surface area contributed by atoms with E-state index in [1.165, 1.54) is 20.3 Å². The Morgan fingerprint density at radius 2 is 2.00 bits per heavy atom. The Labute approximate surface area is 89.7 Å². The third-order valence-corrected chi connectivity index (χ3v) is 3.59. The summed E-state index contributed by atoms with van der Waals surface area (Å²) >= 11 is 5.83. The van der Waals surface area contributed by atoms with Gasteiger partial charge in [-0.3, -0.25) is 0 Å². The molecule has 1 aromatic carbocycles. The summed E-state index contributed by atoms with van der Waals surface area (Å²) in [5, 5.41) is 0.949. The van der Waals surface area contributed by atoms with E-state index in [9.17, 15) is 0 Å². The van der Waals surface area contributed by atoms with Crippen molar-refractivity contribution in [2.45, 2.75) is 19.2 Å². The fourth-order valence-electron chi connectivity index (χ4n) is 0.965. The minimum atomic E-state index is 0.949. The number of hydrogen-bond acceptors (Lipinski definition) is 0. The second kappa shape index (κ2) is 3.90. The van der Waals surface area contributed by atoms with Gasteiger partial charge in [0.1, 0.15) is 0 Å². The summed E-state index contributed by atoms with van der Waals surface area (Å²) in [5.41, 5.74) is 4.14. The Morgan fingerprint density at radius 3 is 2.45 bits per heavy atom. The molecule has 0 aromatic heterocycles. The summed E-state index contributed by atoms with van der Waals surface area (Å²) in [6.07, 6.45) is 0. The first-order valence-electron chi connectivity index (χ1n) is 3.46. The normalized spacial score (nSPS) is 10.2. The Morgan fingerprint density at radius 1 is 1.36 bits per heavy atom. The molecule has 0 aliphatic rings. The molecule has 0 saturated heterocycles. The smallest absolute Gasteiger partial charge is 0.0283 e. The molecule has 0 atom stereocenters. The monoisotopic (exact) mass is 324 g/mol. The van der Waals surface area contributed by atoms with Crippen molar-refractivity contribution in [2.75, 3.05) is 0 Å². The summed E-state index contributed by atoms with van der Waals surface area (Å²) < 4.78 is 1.36. The zero-order chi connectivity index (χ0) is 8.43. The fraction of sp³-hybridized carbons (Fsp3) is 0.333. The predicted octanol–water partition coefficient (Wildman–Crippen LogP) is 3.80. The molecule has 0 heterocycles. The third-order valence-electron chi connectivity index (χ3n) is 1.82. The van der Waals surface area contributed by atoms with Crippen LogP contribution in [-0.4, -0.2) is 0 Å². The third kappa shape index (κ3) is 2.18. The highest BCUT2D eigenvalue weighted by Gasteiger charge is 1.99. The van der Waals surface area contributed by atoms with Crippen LogP contribution in [-0.2, 0) is 5.33 Å². The van der Waals surface area contributed by atoms with Crippen LogP contribution >= 0.6 is 38.5 Å². The van der Waals surface area contributed by atoms with E-state index in [0.29, 0.717) is 0 Å². The Kier molecular flexibility index (Phi) is 3.37. The highest BCUT2D eigenvalue weighted by Crippen LogP contribution is 2.19. The largest absolute Gasteiger partial charge is 0.0876 e. The van der Waals surface area contributed by atoms with Crippen LogP contribution in [0.25, 0.3) is 0 Å². The van der Waals surface area contributed by atoms with Crippen molar-refractivity contribution >= 4 is 38.5 Å². The minimum Gasteiger partial charge on any atom is -0.0876 e. The molecule has 2 heteroatoms. The van der Waals surface area contributed by atoms with Gasteiger partial charge in [0, 0.05) is 8.90 Å². The Bertz CT molecular complexity index is 245. The standard InChI is InChI=1S/C9H10BrI/c1-6-3-8(5-10)4-9(11)7(6)2/h3-4H,5H2,1-2H3. The molecule has 60 valence electrons. The second-order valence-corrected chi connectivity index (χ2v) is 4.38. The van der Waals surface area contributed by atoms with E-state index < -0.39 is 0 Å². The van der Waals surface area contributed by atoms with Crippen LogP contribution in [0.5, 0.6) is 0 Å². The van der Waals surface area contributed by atoms with Crippen molar-refractivity contribution < 1.29 is 0 Å². The lowest BCUT2D eigenvalue weighted by Gasteiger charge is -2.05. The van der Waals surface area contributed by atoms with Crippen molar-refractivity contribution in [3.8, 4) is 0 Å². The van der Waals surface area contributed by atoms with Crippen molar-refractivity contribution in [3.05, 3.63) is 32.4 Å². The zero-order valence-electron chi connectivity index (χ0n) is 6.62. The highest BCUT2D eigenvalue weighted by atomic mass is 127. The van der Waals surface area contributed by atoms with E-state index in [4.69, 9.17) is 0 Å². The first kappa shape index (κ1) is 9.52. The van der Waals surface area contributed by atoms with Gasteiger partial charge in [0.2, 0.25) is 0 Å². The average Bonchev–Trinajstić information content (AvgIpc) is 1.99. The van der Waals surface area contributed by atoms with Crippen LogP contribution in [0, 0.1) is 17.4 Å². The van der Waals surface area contributed by atoms with Crippen molar-refractivity contribution in [2.24, 2.45) is 0 Å². The highest BCUT2D eigenvalue weighted by molar-refractivity contribution is 14.1. The van der Waals surface area contributed by atoms with Crippen molar-refractivity contribution in [1.82, 2.24) is 0 Å². The molecule has 0 unspecified atom stereocenters. The lowest BCUT2D eigenvalue weighted by molar-refractivity contribution is 1.27. The molecule has 0 radical (unpaired) electrons. The number of aryl methyl sites for hydroxylation is 1. The molecule has 11 heavy (non-hydrogen) atoms. The van der Waals surface area contributed by atoms with Crippen LogP contribution in [0.3, 0.4) is 0 Å². The summed E-state index contributed by atoms with van der Waals surface area (Å²) in [6.45, 7) is 4.32. The zero-order valence-corrected chi connectivity index (χ0v) is 10.4. The number of hydrogen-bond donors (Lipinski definition) is 0. The van der Waals surface area contributed by atoms with Gasteiger partial charge in [-0.2, -0.15) is 0 Å². The lowest BCUT2D eigenvalue weighted by Crippen LogP contribution is -1.88. The van der Waals surface area contributed by atoms with Gasteiger partial charge in [0.15, 0.2) is 0 Å².